The van der Waals surface area contributed by atoms with Gasteiger partial charge in [0.15, 0.2) is 0 Å². The van der Waals surface area contributed by atoms with Gasteiger partial charge in [-0.05, 0) is 41.5 Å². The number of fused-ring (bicyclic) bond motifs is 3. The summed E-state index contributed by atoms with van der Waals surface area (Å²) < 4.78 is 3.93. The molecule has 0 saturated carbocycles. The lowest BCUT2D eigenvalue weighted by atomic mass is 10.2. The van der Waals surface area contributed by atoms with Gasteiger partial charge in [-0.3, -0.25) is 0 Å². The first-order valence-corrected chi connectivity index (χ1v) is 5.71. The number of benzene rings is 1. The zero-order valence-corrected chi connectivity index (χ0v) is 9.41. The predicted molar refractivity (Wildman–Crippen MR) is 63.0 cm³/mol. The molecule has 2 heteroatoms. The van der Waals surface area contributed by atoms with Crippen LogP contribution in [0.4, 0.5) is 0 Å². The molecule has 0 N–H and O–H groups in total. The van der Waals surface area contributed by atoms with Crippen LogP contribution in [-0.4, -0.2) is 4.57 Å². The van der Waals surface area contributed by atoms with Gasteiger partial charge < -0.3 is 4.57 Å². The molecule has 0 saturated heterocycles. The van der Waals surface area contributed by atoms with Crippen LogP contribution in [0.25, 0.3) is 10.9 Å². The molecule has 1 aliphatic rings. The Bertz CT molecular complexity index is 470. The molecule has 0 spiro atoms. The molecule has 1 aromatic carbocycles. The van der Waals surface area contributed by atoms with Crippen molar-refractivity contribution >= 4 is 33.5 Å². The molecule has 1 aliphatic heterocycles. The van der Waals surface area contributed by atoms with Gasteiger partial charge in [0, 0.05) is 26.7 Å². The van der Waals surface area contributed by atoms with Crippen molar-refractivity contribution in [2.45, 2.75) is 19.4 Å². The summed E-state index contributed by atoms with van der Waals surface area (Å²) in [6.07, 6.45) is 2.57. The first kappa shape index (κ1) is 7.85. The third-order valence-electron chi connectivity index (χ3n) is 2.81. The van der Waals surface area contributed by atoms with Crippen molar-refractivity contribution in [2.24, 2.45) is 0 Å². The maximum absolute atomic E-state index is 2.48. The van der Waals surface area contributed by atoms with Gasteiger partial charge in [0.05, 0.1) is 0 Å². The molecule has 66 valence electrons. The normalized spacial score (nSPS) is 15.2. The summed E-state index contributed by atoms with van der Waals surface area (Å²) in [7, 11) is 0. The van der Waals surface area contributed by atoms with E-state index in [1.807, 2.05) is 0 Å². The molecule has 0 unspecified atom stereocenters. The van der Waals surface area contributed by atoms with Crippen LogP contribution in [0.15, 0.2) is 24.3 Å². The van der Waals surface area contributed by atoms with Gasteiger partial charge in [0.2, 0.25) is 0 Å². The average Bonchev–Trinajstić information content (AvgIpc) is 2.72. The third-order valence-corrected chi connectivity index (χ3v) is 4.01. The highest BCUT2D eigenvalue weighted by atomic mass is 127. The van der Waals surface area contributed by atoms with E-state index in [1.165, 1.54) is 33.9 Å². The fourth-order valence-electron chi connectivity index (χ4n) is 2.22. The van der Waals surface area contributed by atoms with Crippen LogP contribution in [0.2, 0.25) is 0 Å². The van der Waals surface area contributed by atoms with E-state index in [-0.39, 0.29) is 0 Å². The molecular weight excluding hydrogens is 273 g/mol. The highest BCUT2D eigenvalue weighted by Gasteiger charge is 2.18. The monoisotopic (exact) mass is 283 g/mol. The number of aromatic nitrogens is 1. The molecule has 0 atom stereocenters. The van der Waals surface area contributed by atoms with E-state index in [2.05, 4.69) is 51.4 Å². The van der Waals surface area contributed by atoms with Gasteiger partial charge in [-0.15, -0.1) is 0 Å². The SMILES string of the molecule is Ic1c2n(c3ccccc13)CCC2. The van der Waals surface area contributed by atoms with Crippen LogP contribution < -0.4 is 0 Å². The Morgan fingerprint density at radius 2 is 2.08 bits per heavy atom. The second-order valence-corrected chi connectivity index (χ2v) is 4.61. The molecule has 0 bridgehead atoms. The average molecular weight is 283 g/mol. The third kappa shape index (κ3) is 0.980. The van der Waals surface area contributed by atoms with Crippen LogP contribution in [0.3, 0.4) is 0 Å². The number of hydrogen-bond donors (Lipinski definition) is 0. The molecule has 0 aliphatic carbocycles. The molecule has 2 aromatic rings. The second kappa shape index (κ2) is 2.74. The van der Waals surface area contributed by atoms with E-state index in [0.717, 1.165) is 0 Å². The zero-order valence-electron chi connectivity index (χ0n) is 7.26. The molecule has 0 amide bonds. The maximum atomic E-state index is 2.48. The van der Waals surface area contributed by atoms with Crippen molar-refractivity contribution in [3.05, 3.63) is 33.5 Å². The van der Waals surface area contributed by atoms with E-state index in [1.54, 1.807) is 5.69 Å². The summed E-state index contributed by atoms with van der Waals surface area (Å²) in [5, 5.41) is 1.43. The lowest BCUT2D eigenvalue weighted by Crippen LogP contribution is -1.90. The second-order valence-electron chi connectivity index (χ2n) is 3.53. The highest BCUT2D eigenvalue weighted by molar-refractivity contribution is 14.1. The van der Waals surface area contributed by atoms with E-state index in [9.17, 15) is 0 Å². The Labute approximate surface area is 90.9 Å². The van der Waals surface area contributed by atoms with Crippen LogP contribution in [0.5, 0.6) is 0 Å². The summed E-state index contributed by atoms with van der Waals surface area (Å²) >= 11 is 2.48. The Kier molecular flexibility index (Phi) is 1.65. The molecule has 0 fully saturated rings. The first-order chi connectivity index (χ1) is 6.38. The summed E-state index contributed by atoms with van der Waals surface area (Å²) in [5.74, 6) is 0. The minimum absolute atomic E-state index is 1.21. The van der Waals surface area contributed by atoms with Gasteiger partial charge in [-0.25, -0.2) is 0 Å². The zero-order chi connectivity index (χ0) is 8.84. The predicted octanol–water partition coefficient (Wildman–Crippen LogP) is 3.19. The van der Waals surface area contributed by atoms with Crippen LogP contribution in [0.1, 0.15) is 12.1 Å². The van der Waals surface area contributed by atoms with Gasteiger partial charge in [0.1, 0.15) is 0 Å². The summed E-state index contributed by atoms with van der Waals surface area (Å²) in [4.78, 5) is 0. The molecule has 0 radical (unpaired) electrons. The number of aryl methyl sites for hydroxylation is 1. The lowest BCUT2D eigenvalue weighted by molar-refractivity contribution is 0.772. The Balaban J connectivity index is 2.49. The number of halogens is 1. The Hall–Kier alpha value is -0.510. The van der Waals surface area contributed by atoms with Crippen molar-refractivity contribution in [1.29, 1.82) is 0 Å². The molecule has 13 heavy (non-hydrogen) atoms. The number of nitrogens with zero attached hydrogens (tertiary/aromatic N) is 1. The smallest absolute Gasteiger partial charge is 0.0493 e. The Morgan fingerprint density at radius 3 is 3.00 bits per heavy atom. The minimum atomic E-state index is 1.21. The largest absolute Gasteiger partial charge is 0.343 e. The fraction of sp³-hybridized carbons (Fsp3) is 0.273. The maximum Gasteiger partial charge on any atom is 0.0493 e. The summed E-state index contributed by atoms with van der Waals surface area (Å²) in [6.45, 7) is 1.21. The van der Waals surface area contributed by atoms with Crippen molar-refractivity contribution in [2.75, 3.05) is 0 Å². The molecule has 1 aromatic heterocycles. The van der Waals surface area contributed by atoms with Crippen molar-refractivity contribution < 1.29 is 0 Å². The lowest BCUT2D eigenvalue weighted by Gasteiger charge is -1.97. The Morgan fingerprint density at radius 1 is 1.23 bits per heavy atom. The topological polar surface area (TPSA) is 4.93 Å². The van der Waals surface area contributed by atoms with E-state index < -0.39 is 0 Å². The standard InChI is InChI=1S/C11H10IN/c12-11-8-4-1-2-5-9(8)13-7-3-6-10(11)13/h1-2,4-5H,3,6-7H2. The van der Waals surface area contributed by atoms with Gasteiger partial charge in [-0.2, -0.15) is 0 Å². The van der Waals surface area contributed by atoms with E-state index in [4.69, 9.17) is 0 Å². The minimum Gasteiger partial charge on any atom is -0.343 e. The van der Waals surface area contributed by atoms with Crippen LogP contribution in [0, 0.1) is 3.57 Å². The fourth-order valence-corrected chi connectivity index (χ4v) is 3.24. The van der Waals surface area contributed by atoms with Crippen LogP contribution >= 0.6 is 22.6 Å². The summed E-state index contributed by atoms with van der Waals surface area (Å²) in [6, 6.07) is 8.71. The van der Waals surface area contributed by atoms with E-state index in [0.29, 0.717) is 0 Å². The van der Waals surface area contributed by atoms with Crippen LogP contribution in [-0.2, 0) is 13.0 Å². The molecular formula is C11H10IN. The number of rotatable bonds is 0. The molecule has 1 nitrogen and oxygen atoms in total. The molecule has 2 heterocycles. The van der Waals surface area contributed by atoms with Gasteiger partial charge >= 0.3 is 0 Å². The van der Waals surface area contributed by atoms with Gasteiger partial charge in [-0.1, -0.05) is 18.2 Å². The number of hydrogen-bond acceptors (Lipinski definition) is 0. The molecule has 3 rings (SSSR count). The van der Waals surface area contributed by atoms with Gasteiger partial charge in [0.25, 0.3) is 0 Å². The highest BCUT2D eigenvalue weighted by Crippen LogP contribution is 2.31. The van der Waals surface area contributed by atoms with Crippen molar-refractivity contribution in [3.63, 3.8) is 0 Å². The number of para-hydroxylation sites is 1. The van der Waals surface area contributed by atoms with Crippen molar-refractivity contribution in [3.8, 4) is 0 Å². The summed E-state index contributed by atoms with van der Waals surface area (Å²) in [5.41, 5.74) is 2.96. The first-order valence-electron chi connectivity index (χ1n) is 4.63. The quantitative estimate of drug-likeness (QED) is 0.654. The van der Waals surface area contributed by atoms with Crippen molar-refractivity contribution in [1.82, 2.24) is 4.57 Å². The van der Waals surface area contributed by atoms with E-state index >= 15 is 0 Å².